The Morgan fingerprint density at radius 3 is 2.59 bits per heavy atom. The minimum Gasteiger partial charge on any atom is -0.308 e. The molecule has 0 bridgehead atoms. The third-order valence-corrected chi connectivity index (χ3v) is 3.43. The molecule has 0 radical (unpaired) electrons. The second kappa shape index (κ2) is 6.27. The number of pyridine rings is 1. The van der Waals surface area contributed by atoms with Crippen molar-refractivity contribution >= 4 is 17.6 Å². The maximum atomic E-state index is 5.32. The minimum atomic E-state index is 0.711. The number of nitrogens with two attached hydrogens (primary N) is 1. The fraction of sp³-hybridized carbons (Fsp3) is 0.154. The Labute approximate surface area is 105 Å². The van der Waals surface area contributed by atoms with Gasteiger partial charge in [-0.3, -0.25) is 0 Å². The van der Waals surface area contributed by atoms with E-state index in [2.05, 4.69) is 34.7 Å². The molecule has 88 valence electrons. The van der Waals surface area contributed by atoms with Gasteiger partial charge in [0.05, 0.1) is 0 Å². The van der Waals surface area contributed by atoms with Crippen LogP contribution in [0, 0.1) is 0 Å². The van der Waals surface area contributed by atoms with E-state index < -0.39 is 0 Å². The van der Waals surface area contributed by atoms with Gasteiger partial charge in [-0.25, -0.2) is 10.8 Å². The number of benzene rings is 1. The molecule has 3 N–H and O–H groups in total. The molecule has 4 heteroatoms. The lowest BCUT2D eigenvalue weighted by molar-refractivity contribution is 1.20. The highest BCUT2D eigenvalue weighted by atomic mass is 32.2. The van der Waals surface area contributed by atoms with Crippen molar-refractivity contribution in [1.29, 1.82) is 0 Å². The predicted octanol–water partition coefficient (Wildman–Crippen LogP) is 2.80. The van der Waals surface area contributed by atoms with Gasteiger partial charge in [-0.2, -0.15) is 11.8 Å². The zero-order valence-electron chi connectivity index (χ0n) is 9.47. The summed E-state index contributed by atoms with van der Waals surface area (Å²) in [6.07, 6.45) is 1.77. The van der Waals surface area contributed by atoms with Crippen LogP contribution in [0.3, 0.4) is 0 Å². The summed E-state index contributed by atoms with van der Waals surface area (Å²) in [5.41, 5.74) is 5.14. The molecule has 0 spiro atoms. The first-order chi connectivity index (χ1) is 8.38. The average Bonchev–Trinajstić information content (AvgIpc) is 2.40. The van der Waals surface area contributed by atoms with Crippen molar-refractivity contribution in [2.45, 2.75) is 11.5 Å². The number of nitrogens with one attached hydrogen (secondary N) is 1. The van der Waals surface area contributed by atoms with Crippen molar-refractivity contribution in [3.63, 3.8) is 0 Å². The molecule has 2 aromatic rings. The topological polar surface area (TPSA) is 50.9 Å². The molecular weight excluding hydrogens is 230 g/mol. The van der Waals surface area contributed by atoms with E-state index in [0.29, 0.717) is 5.82 Å². The smallest absolute Gasteiger partial charge is 0.140 e. The molecule has 0 fully saturated rings. The Morgan fingerprint density at radius 2 is 1.82 bits per heavy atom. The van der Waals surface area contributed by atoms with E-state index in [1.54, 1.807) is 6.20 Å². The van der Waals surface area contributed by atoms with E-state index in [9.17, 15) is 0 Å². The summed E-state index contributed by atoms with van der Waals surface area (Å²) in [4.78, 5) is 4.08. The lowest BCUT2D eigenvalue weighted by atomic mass is 10.2. The molecule has 0 saturated carbocycles. The van der Waals surface area contributed by atoms with Gasteiger partial charge >= 0.3 is 0 Å². The maximum absolute atomic E-state index is 5.32. The highest BCUT2D eigenvalue weighted by Gasteiger charge is 1.97. The molecule has 0 amide bonds. The summed E-state index contributed by atoms with van der Waals surface area (Å²) in [6, 6.07) is 14.4. The zero-order valence-corrected chi connectivity index (χ0v) is 10.3. The summed E-state index contributed by atoms with van der Waals surface area (Å²) in [6.45, 7) is 0. The first-order valence-corrected chi connectivity index (χ1v) is 6.57. The quantitative estimate of drug-likeness (QED) is 0.628. The average molecular weight is 245 g/mol. The van der Waals surface area contributed by atoms with Gasteiger partial charge in [0.25, 0.3) is 0 Å². The Kier molecular flexibility index (Phi) is 4.41. The number of nitrogens with zero attached hydrogens (tertiary/aromatic N) is 1. The summed E-state index contributed by atoms with van der Waals surface area (Å²) in [7, 11) is 0. The molecule has 1 aromatic carbocycles. The van der Waals surface area contributed by atoms with Gasteiger partial charge in [-0.05, 0) is 23.3 Å². The SMILES string of the molecule is NNc1cc(CSCc2ccccc2)ccn1. The summed E-state index contributed by atoms with van der Waals surface area (Å²) in [5.74, 6) is 8.02. The van der Waals surface area contributed by atoms with Crippen LogP contribution in [0.4, 0.5) is 5.82 Å². The highest BCUT2D eigenvalue weighted by Crippen LogP contribution is 2.18. The number of nitrogen functional groups attached to an aromatic ring is 1. The lowest BCUT2D eigenvalue weighted by Crippen LogP contribution is -2.08. The predicted molar refractivity (Wildman–Crippen MR) is 73.5 cm³/mol. The minimum absolute atomic E-state index is 0.711. The molecule has 1 heterocycles. The van der Waals surface area contributed by atoms with Crippen LogP contribution in [0.2, 0.25) is 0 Å². The standard InChI is InChI=1S/C13H15N3S/c14-16-13-8-12(6-7-15-13)10-17-9-11-4-2-1-3-5-11/h1-8H,9-10,14H2,(H,15,16). The molecule has 2 rings (SSSR count). The molecule has 3 nitrogen and oxygen atoms in total. The number of hydrogen-bond donors (Lipinski definition) is 2. The fourth-order valence-electron chi connectivity index (χ4n) is 1.50. The normalized spacial score (nSPS) is 10.2. The van der Waals surface area contributed by atoms with Crippen LogP contribution in [0.5, 0.6) is 0 Å². The van der Waals surface area contributed by atoms with Gasteiger partial charge < -0.3 is 5.43 Å². The van der Waals surface area contributed by atoms with Gasteiger partial charge in [0, 0.05) is 17.7 Å². The van der Waals surface area contributed by atoms with Crippen molar-refractivity contribution in [1.82, 2.24) is 4.98 Å². The fourth-order valence-corrected chi connectivity index (χ4v) is 2.45. The Hall–Kier alpha value is -1.52. The molecule has 0 atom stereocenters. The van der Waals surface area contributed by atoms with E-state index in [0.717, 1.165) is 11.5 Å². The third kappa shape index (κ3) is 3.76. The van der Waals surface area contributed by atoms with Crippen LogP contribution in [-0.4, -0.2) is 4.98 Å². The van der Waals surface area contributed by atoms with E-state index in [4.69, 9.17) is 5.84 Å². The summed E-state index contributed by atoms with van der Waals surface area (Å²) < 4.78 is 0. The van der Waals surface area contributed by atoms with Gasteiger partial charge in [0.15, 0.2) is 0 Å². The largest absolute Gasteiger partial charge is 0.308 e. The van der Waals surface area contributed by atoms with Crippen molar-refractivity contribution in [3.05, 3.63) is 59.8 Å². The molecule has 17 heavy (non-hydrogen) atoms. The van der Waals surface area contributed by atoms with Crippen LogP contribution in [-0.2, 0) is 11.5 Å². The molecule has 1 aromatic heterocycles. The second-order valence-electron chi connectivity index (χ2n) is 3.67. The number of thioether (sulfide) groups is 1. The van der Waals surface area contributed by atoms with E-state index in [1.807, 2.05) is 30.0 Å². The van der Waals surface area contributed by atoms with Crippen molar-refractivity contribution in [2.75, 3.05) is 5.43 Å². The first-order valence-electron chi connectivity index (χ1n) is 5.41. The second-order valence-corrected chi connectivity index (χ2v) is 4.66. The van der Waals surface area contributed by atoms with Crippen molar-refractivity contribution in [2.24, 2.45) is 5.84 Å². The number of aromatic nitrogens is 1. The van der Waals surface area contributed by atoms with Gasteiger partial charge in [0.2, 0.25) is 0 Å². The zero-order chi connectivity index (χ0) is 11.9. The van der Waals surface area contributed by atoms with Gasteiger partial charge in [-0.15, -0.1) is 0 Å². The molecular formula is C13H15N3S. The van der Waals surface area contributed by atoms with Crippen LogP contribution in [0.1, 0.15) is 11.1 Å². The third-order valence-electron chi connectivity index (χ3n) is 2.35. The number of hydrazine groups is 1. The molecule has 0 aliphatic carbocycles. The summed E-state index contributed by atoms with van der Waals surface area (Å²) in [5, 5.41) is 0. The highest BCUT2D eigenvalue weighted by molar-refractivity contribution is 7.97. The van der Waals surface area contributed by atoms with Crippen LogP contribution >= 0.6 is 11.8 Å². The number of rotatable bonds is 5. The van der Waals surface area contributed by atoms with Gasteiger partial charge in [0.1, 0.15) is 5.82 Å². The van der Waals surface area contributed by atoms with Crippen LogP contribution < -0.4 is 11.3 Å². The van der Waals surface area contributed by atoms with Crippen LogP contribution in [0.15, 0.2) is 48.7 Å². The Morgan fingerprint density at radius 1 is 1.06 bits per heavy atom. The Bertz CT molecular complexity index is 459. The Balaban J connectivity index is 1.86. The molecule has 0 aliphatic rings. The monoisotopic (exact) mass is 245 g/mol. The van der Waals surface area contributed by atoms with E-state index >= 15 is 0 Å². The number of anilines is 1. The molecule has 0 unspecified atom stereocenters. The number of hydrogen-bond acceptors (Lipinski definition) is 4. The molecule has 0 saturated heterocycles. The first kappa shape index (κ1) is 12.0. The maximum Gasteiger partial charge on any atom is 0.140 e. The summed E-state index contributed by atoms with van der Waals surface area (Å²) >= 11 is 1.88. The van der Waals surface area contributed by atoms with Crippen molar-refractivity contribution in [3.8, 4) is 0 Å². The van der Waals surface area contributed by atoms with Gasteiger partial charge in [-0.1, -0.05) is 30.3 Å². The molecule has 0 aliphatic heterocycles. The lowest BCUT2D eigenvalue weighted by Gasteiger charge is -2.04. The van der Waals surface area contributed by atoms with E-state index in [1.165, 1.54) is 11.1 Å². The van der Waals surface area contributed by atoms with Crippen molar-refractivity contribution < 1.29 is 0 Å². The van der Waals surface area contributed by atoms with E-state index in [-0.39, 0.29) is 0 Å². The van der Waals surface area contributed by atoms with Crippen LogP contribution in [0.25, 0.3) is 0 Å².